The van der Waals surface area contributed by atoms with E-state index in [-0.39, 0.29) is 22.0 Å². The third-order valence-electron chi connectivity index (χ3n) is 4.76. The number of amides is 1. The number of hydrogen-bond donors (Lipinski definition) is 1. The highest BCUT2D eigenvalue weighted by Crippen LogP contribution is 2.33. The Labute approximate surface area is 198 Å². The van der Waals surface area contributed by atoms with Crippen LogP contribution in [-0.4, -0.2) is 29.9 Å². The summed E-state index contributed by atoms with van der Waals surface area (Å²) >= 11 is 6.37. The number of benzene rings is 2. The Balaban J connectivity index is 1.94. The summed E-state index contributed by atoms with van der Waals surface area (Å²) in [6.45, 7) is 1.56. The van der Waals surface area contributed by atoms with Gasteiger partial charge in [-0.15, -0.1) is 0 Å². The van der Waals surface area contributed by atoms with Crippen LogP contribution >= 0.6 is 11.6 Å². The van der Waals surface area contributed by atoms with E-state index in [4.69, 9.17) is 21.1 Å². The largest absolute Gasteiger partial charge is 0.493 e. The van der Waals surface area contributed by atoms with E-state index in [1.54, 1.807) is 25.1 Å². The minimum Gasteiger partial charge on any atom is -0.493 e. The second-order valence-corrected chi connectivity index (χ2v) is 7.30. The molecule has 0 unspecified atom stereocenters. The number of anilines is 1. The molecule has 1 N–H and O–H groups in total. The lowest BCUT2D eigenvalue weighted by Crippen LogP contribution is -2.13. The number of ether oxygens (including phenoxy) is 2. The van der Waals surface area contributed by atoms with E-state index in [1.807, 2.05) is 0 Å². The third kappa shape index (κ3) is 5.15. The van der Waals surface area contributed by atoms with Gasteiger partial charge in [0.05, 0.1) is 31.2 Å². The van der Waals surface area contributed by atoms with Crippen LogP contribution < -0.4 is 14.8 Å². The molecule has 11 heteroatoms. The average Bonchev–Trinajstić information content (AvgIpc) is 3.09. The van der Waals surface area contributed by atoms with Gasteiger partial charge in [0, 0.05) is 17.3 Å². The molecule has 0 saturated carbocycles. The van der Waals surface area contributed by atoms with E-state index in [0.29, 0.717) is 22.9 Å². The van der Waals surface area contributed by atoms with Crippen LogP contribution in [0.15, 0.2) is 48.0 Å². The Hall–Kier alpha value is -3.97. The van der Waals surface area contributed by atoms with Crippen molar-refractivity contribution in [2.24, 2.45) is 0 Å². The van der Waals surface area contributed by atoms with Gasteiger partial charge >= 0.3 is 6.18 Å². The fourth-order valence-electron chi connectivity index (χ4n) is 3.07. The first kappa shape index (κ1) is 24.7. The molecule has 176 valence electrons. The molecule has 0 spiro atoms. The summed E-state index contributed by atoms with van der Waals surface area (Å²) in [5.41, 5.74) is -0.184. The highest BCUT2D eigenvalue weighted by Gasteiger charge is 2.31. The van der Waals surface area contributed by atoms with E-state index in [2.05, 4.69) is 10.4 Å². The highest BCUT2D eigenvalue weighted by molar-refractivity contribution is 6.31. The molecule has 1 heterocycles. The fourth-order valence-corrected chi connectivity index (χ4v) is 3.39. The number of alkyl halides is 3. The third-order valence-corrected chi connectivity index (χ3v) is 5.12. The second-order valence-electron chi connectivity index (χ2n) is 6.94. The number of halogens is 4. The van der Waals surface area contributed by atoms with Crippen molar-refractivity contribution in [3.05, 3.63) is 70.0 Å². The van der Waals surface area contributed by atoms with Crippen LogP contribution in [0.3, 0.4) is 0 Å². The van der Waals surface area contributed by atoms with Crippen molar-refractivity contribution in [1.29, 1.82) is 5.26 Å². The standard InChI is InChI=1S/C23H18ClF3N4O3/c1-13-18(21(24)31(30-13)17-6-4-5-15(10-17)23(25,26)27)9-14(12-28)22(32)29-16-7-8-19(33-2)20(11-16)34-3/h4-11H,1-3H3,(H,29,32)/b14-9+. The first-order valence-electron chi connectivity index (χ1n) is 9.67. The van der Waals surface area contributed by atoms with E-state index < -0.39 is 17.6 Å². The van der Waals surface area contributed by atoms with Crippen LogP contribution in [0.2, 0.25) is 5.15 Å². The summed E-state index contributed by atoms with van der Waals surface area (Å²) in [7, 11) is 2.91. The van der Waals surface area contributed by atoms with Gasteiger partial charge in [-0.05, 0) is 43.3 Å². The van der Waals surface area contributed by atoms with E-state index in [9.17, 15) is 23.2 Å². The first-order valence-corrected chi connectivity index (χ1v) is 10.0. The Morgan fingerprint density at radius 3 is 2.50 bits per heavy atom. The molecule has 0 saturated heterocycles. The maximum atomic E-state index is 13.1. The van der Waals surface area contributed by atoms with Crippen molar-refractivity contribution in [3.63, 3.8) is 0 Å². The predicted octanol–water partition coefficient (Wildman–Crippen LogP) is 5.42. The number of nitrogens with zero attached hydrogens (tertiary/aromatic N) is 3. The second kappa shape index (κ2) is 9.89. The number of carbonyl (C=O) groups is 1. The number of carbonyl (C=O) groups excluding carboxylic acids is 1. The Morgan fingerprint density at radius 2 is 1.88 bits per heavy atom. The molecular formula is C23H18ClF3N4O3. The van der Waals surface area contributed by atoms with Crippen molar-refractivity contribution in [2.45, 2.75) is 13.1 Å². The molecule has 0 aliphatic rings. The lowest BCUT2D eigenvalue weighted by molar-refractivity contribution is -0.137. The van der Waals surface area contributed by atoms with E-state index in [0.717, 1.165) is 16.8 Å². The number of hydrogen-bond acceptors (Lipinski definition) is 5. The number of aromatic nitrogens is 2. The van der Waals surface area contributed by atoms with Gasteiger partial charge in [-0.3, -0.25) is 4.79 Å². The zero-order valence-electron chi connectivity index (χ0n) is 18.2. The molecule has 0 atom stereocenters. The topological polar surface area (TPSA) is 89.2 Å². The monoisotopic (exact) mass is 490 g/mol. The number of methoxy groups -OCH3 is 2. The maximum absolute atomic E-state index is 13.1. The van der Waals surface area contributed by atoms with Gasteiger partial charge in [0.15, 0.2) is 11.5 Å². The lowest BCUT2D eigenvalue weighted by atomic mass is 10.1. The average molecular weight is 491 g/mol. The van der Waals surface area contributed by atoms with Crippen molar-refractivity contribution >= 4 is 29.3 Å². The SMILES string of the molecule is COc1ccc(NC(=O)/C(C#N)=C/c2c(C)nn(-c3cccc(C(F)(F)F)c3)c2Cl)cc1OC. The summed E-state index contributed by atoms with van der Waals surface area (Å²) in [4.78, 5) is 12.7. The number of aryl methyl sites for hydroxylation is 1. The van der Waals surface area contributed by atoms with Crippen molar-refractivity contribution in [3.8, 4) is 23.3 Å². The van der Waals surface area contributed by atoms with Gasteiger partial charge in [-0.1, -0.05) is 17.7 Å². The minimum atomic E-state index is -4.54. The highest BCUT2D eigenvalue weighted by atomic mass is 35.5. The smallest absolute Gasteiger partial charge is 0.416 e. The van der Waals surface area contributed by atoms with Gasteiger partial charge in [0.2, 0.25) is 0 Å². The molecule has 3 rings (SSSR count). The van der Waals surface area contributed by atoms with E-state index in [1.165, 1.54) is 38.5 Å². The Kier molecular flexibility index (Phi) is 7.17. The van der Waals surface area contributed by atoms with Crippen LogP contribution in [0.4, 0.5) is 18.9 Å². The molecule has 3 aromatic rings. The Morgan fingerprint density at radius 1 is 1.18 bits per heavy atom. The van der Waals surface area contributed by atoms with Crippen LogP contribution in [0.5, 0.6) is 11.5 Å². The molecule has 0 radical (unpaired) electrons. The van der Waals surface area contributed by atoms with Crippen LogP contribution in [0, 0.1) is 18.3 Å². The summed E-state index contributed by atoms with van der Waals surface area (Å²) in [5.74, 6) is 0.113. The number of rotatable bonds is 6. The molecule has 0 fully saturated rings. The molecule has 2 aromatic carbocycles. The molecule has 34 heavy (non-hydrogen) atoms. The summed E-state index contributed by atoms with van der Waals surface area (Å²) in [6, 6.07) is 11.0. The van der Waals surface area contributed by atoms with Crippen molar-refractivity contribution in [1.82, 2.24) is 9.78 Å². The summed E-state index contributed by atoms with van der Waals surface area (Å²) in [5, 5.41) is 16.2. The predicted molar refractivity (Wildman–Crippen MR) is 120 cm³/mol. The van der Waals surface area contributed by atoms with Crippen molar-refractivity contribution in [2.75, 3.05) is 19.5 Å². The maximum Gasteiger partial charge on any atom is 0.416 e. The van der Waals surface area contributed by atoms with Crippen molar-refractivity contribution < 1.29 is 27.4 Å². The number of nitriles is 1. The number of nitrogens with one attached hydrogen (secondary N) is 1. The normalized spacial score (nSPS) is 11.6. The van der Waals surface area contributed by atoms with Gasteiger partial charge in [-0.25, -0.2) is 4.68 Å². The van der Waals surface area contributed by atoms with Crippen LogP contribution in [0.1, 0.15) is 16.8 Å². The molecule has 1 aromatic heterocycles. The first-order chi connectivity index (χ1) is 16.1. The van der Waals surface area contributed by atoms with Gasteiger partial charge in [0.25, 0.3) is 5.91 Å². The van der Waals surface area contributed by atoms with Crippen LogP contribution in [-0.2, 0) is 11.0 Å². The summed E-state index contributed by atoms with van der Waals surface area (Å²) in [6.07, 6.45) is -3.31. The molecule has 0 aliphatic heterocycles. The van der Waals surface area contributed by atoms with Gasteiger partial charge in [0.1, 0.15) is 16.8 Å². The fraction of sp³-hybridized carbons (Fsp3) is 0.174. The molecule has 7 nitrogen and oxygen atoms in total. The van der Waals surface area contributed by atoms with Crippen LogP contribution in [0.25, 0.3) is 11.8 Å². The van der Waals surface area contributed by atoms with Gasteiger partial charge < -0.3 is 14.8 Å². The minimum absolute atomic E-state index is 0.0523. The van der Waals surface area contributed by atoms with E-state index >= 15 is 0 Å². The Bertz CT molecular complexity index is 1310. The molecule has 0 bridgehead atoms. The zero-order valence-corrected chi connectivity index (χ0v) is 19.0. The molecule has 1 amide bonds. The quantitative estimate of drug-likeness (QED) is 0.368. The van der Waals surface area contributed by atoms with Gasteiger partial charge in [-0.2, -0.15) is 23.5 Å². The lowest BCUT2D eigenvalue weighted by Gasteiger charge is -2.10. The molecular weight excluding hydrogens is 473 g/mol. The zero-order chi connectivity index (χ0) is 25.0. The summed E-state index contributed by atoms with van der Waals surface area (Å²) < 4.78 is 50.7. The molecule has 0 aliphatic carbocycles.